The van der Waals surface area contributed by atoms with Crippen molar-refractivity contribution in [2.45, 2.75) is 20.0 Å². The van der Waals surface area contributed by atoms with Crippen LogP contribution in [0.5, 0.6) is 5.75 Å². The van der Waals surface area contributed by atoms with E-state index < -0.39 is 0 Å². The minimum atomic E-state index is -0.0815. The van der Waals surface area contributed by atoms with Crippen molar-refractivity contribution >= 4 is 17.6 Å². The van der Waals surface area contributed by atoms with Gasteiger partial charge in [0.2, 0.25) is 0 Å². The fourth-order valence-electron chi connectivity index (χ4n) is 2.30. The molecule has 3 aromatic rings. The Labute approximate surface area is 151 Å². The van der Waals surface area contributed by atoms with Crippen LogP contribution >= 0.6 is 11.7 Å². The molecule has 2 aromatic carbocycles. The average Bonchev–Trinajstić information content (AvgIpc) is 3.06. The van der Waals surface area contributed by atoms with Crippen LogP contribution in [-0.2, 0) is 13.0 Å². The van der Waals surface area contributed by atoms with Crippen LogP contribution in [0.1, 0.15) is 27.3 Å². The summed E-state index contributed by atoms with van der Waals surface area (Å²) in [5, 5.41) is 2.93. The Morgan fingerprint density at radius 1 is 1.08 bits per heavy atom. The Balaban J connectivity index is 1.47. The van der Waals surface area contributed by atoms with E-state index in [1.54, 1.807) is 24.3 Å². The lowest BCUT2D eigenvalue weighted by molar-refractivity contribution is 0.0954. The summed E-state index contributed by atoms with van der Waals surface area (Å²) in [6.07, 6.45) is 0.814. The van der Waals surface area contributed by atoms with Gasteiger partial charge < -0.3 is 10.1 Å². The fourth-order valence-corrected chi connectivity index (χ4v) is 2.85. The van der Waals surface area contributed by atoms with Gasteiger partial charge in [-0.25, -0.2) is 0 Å². The van der Waals surface area contributed by atoms with Crippen molar-refractivity contribution in [1.29, 1.82) is 0 Å². The highest BCUT2D eigenvalue weighted by Crippen LogP contribution is 2.15. The molecule has 0 aliphatic carbocycles. The molecule has 0 atom stereocenters. The highest BCUT2D eigenvalue weighted by Gasteiger charge is 2.07. The van der Waals surface area contributed by atoms with E-state index in [4.69, 9.17) is 4.74 Å². The van der Waals surface area contributed by atoms with E-state index in [-0.39, 0.29) is 5.91 Å². The standard InChI is InChI=1S/C19H19N3O2S/c1-14-18(22-25-21-14)13-24-17-9-7-16(8-10-17)19(23)20-12-11-15-5-3-2-4-6-15/h2-10H,11-13H2,1H3,(H,20,23). The van der Waals surface area contributed by atoms with E-state index in [1.165, 1.54) is 17.3 Å². The second-order valence-electron chi connectivity index (χ2n) is 5.60. The molecule has 25 heavy (non-hydrogen) atoms. The molecular formula is C19H19N3O2S. The molecule has 0 aliphatic heterocycles. The monoisotopic (exact) mass is 353 g/mol. The molecule has 1 amide bonds. The lowest BCUT2D eigenvalue weighted by Gasteiger charge is -2.07. The maximum atomic E-state index is 12.2. The first kappa shape index (κ1) is 17.1. The van der Waals surface area contributed by atoms with E-state index in [1.807, 2.05) is 25.1 Å². The molecule has 1 aromatic heterocycles. The van der Waals surface area contributed by atoms with Crippen LogP contribution in [-0.4, -0.2) is 21.2 Å². The number of aryl methyl sites for hydroxylation is 1. The van der Waals surface area contributed by atoms with Gasteiger partial charge in [-0.2, -0.15) is 8.75 Å². The van der Waals surface area contributed by atoms with Crippen LogP contribution in [0, 0.1) is 6.92 Å². The van der Waals surface area contributed by atoms with Crippen molar-refractivity contribution in [3.8, 4) is 5.75 Å². The normalized spacial score (nSPS) is 10.4. The van der Waals surface area contributed by atoms with Gasteiger partial charge in [-0.15, -0.1) is 0 Å². The van der Waals surface area contributed by atoms with Crippen LogP contribution in [0.3, 0.4) is 0 Å². The topological polar surface area (TPSA) is 64.1 Å². The summed E-state index contributed by atoms with van der Waals surface area (Å²) in [6.45, 7) is 2.90. The van der Waals surface area contributed by atoms with Gasteiger partial charge in [0, 0.05) is 12.1 Å². The number of nitrogens with zero attached hydrogens (tertiary/aromatic N) is 2. The predicted octanol–water partition coefficient (Wildman–Crippen LogP) is 3.40. The van der Waals surface area contributed by atoms with E-state index in [9.17, 15) is 4.79 Å². The minimum Gasteiger partial charge on any atom is -0.487 e. The molecule has 1 heterocycles. The summed E-state index contributed by atoms with van der Waals surface area (Å²) in [7, 11) is 0. The van der Waals surface area contributed by atoms with Crippen LogP contribution in [0.4, 0.5) is 0 Å². The van der Waals surface area contributed by atoms with Gasteiger partial charge in [0.15, 0.2) is 0 Å². The predicted molar refractivity (Wildman–Crippen MR) is 97.9 cm³/mol. The zero-order valence-corrected chi connectivity index (χ0v) is 14.8. The molecule has 0 aliphatic rings. The van der Waals surface area contributed by atoms with Crippen LogP contribution in [0.25, 0.3) is 0 Å². The van der Waals surface area contributed by atoms with Crippen molar-refractivity contribution in [2.24, 2.45) is 0 Å². The van der Waals surface area contributed by atoms with Crippen LogP contribution in [0.15, 0.2) is 54.6 Å². The Bertz CT molecular complexity index is 816. The first-order chi connectivity index (χ1) is 12.2. The summed E-state index contributed by atoms with van der Waals surface area (Å²) in [5.41, 5.74) is 3.55. The van der Waals surface area contributed by atoms with E-state index in [2.05, 4.69) is 26.2 Å². The number of amides is 1. The Morgan fingerprint density at radius 3 is 2.52 bits per heavy atom. The number of carbonyl (C=O) groups is 1. The van der Waals surface area contributed by atoms with E-state index >= 15 is 0 Å². The molecule has 5 nitrogen and oxygen atoms in total. The van der Waals surface area contributed by atoms with Gasteiger partial charge in [-0.1, -0.05) is 30.3 Å². The van der Waals surface area contributed by atoms with Crippen molar-refractivity contribution in [3.63, 3.8) is 0 Å². The quantitative estimate of drug-likeness (QED) is 0.707. The maximum absolute atomic E-state index is 12.2. The van der Waals surface area contributed by atoms with Gasteiger partial charge >= 0.3 is 0 Å². The second-order valence-corrected chi connectivity index (χ2v) is 6.13. The second kappa shape index (κ2) is 8.39. The summed E-state index contributed by atoms with van der Waals surface area (Å²) < 4.78 is 14.0. The Kier molecular flexibility index (Phi) is 5.74. The van der Waals surface area contributed by atoms with Crippen molar-refractivity contribution in [2.75, 3.05) is 6.54 Å². The van der Waals surface area contributed by atoms with Crippen molar-refractivity contribution in [1.82, 2.24) is 14.1 Å². The zero-order chi connectivity index (χ0) is 17.5. The molecule has 1 N–H and O–H groups in total. The number of carbonyl (C=O) groups excluding carboxylic acids is 1. The molecule has 3 rings (SSSR count). The van der Waals surface area contributed by atoms with Gasteiger partial charge in [-0.05, 0) is 43.2 Å². The summed E-state index contributed by atoms with van der Waals surface area (Å²) in [6, 6.07) is 17.2. The lowest BCUT2D eigenvalue weighted by atomic mass is 10.1. The number of ether oxygens (including phenoxy) is 1. The molecule has 0 bridgehead atoms. The zero-order valence-electron chi connectivity index (χ0n) is 13.9. The number of benzene rings is 2. The number of hydrogen-bond donors (Lipinski definition) is 1. The van der Waals surface area contributed by atoms with Gasteiger partial charge in [-0.3, -0.25) is 4.79 Å². The molecule has 6 heteroatoms. The molecule has 0 saturated heterocycles. The highest BCUT2D eigenvalue weighted by atomic mass is 32.1. The van der Waals surface area contributed by atoms with E-state index in [0.717, 1.165) is 17.8 Å². The third kappa shape index (κ3) is 4.87. The third-order valence-corrected chi connectivity index (χ3v) is 4.44. The van der Waals surface area contributed by atoms with Crippen LogP contribution < -0.4 is 10.1 Å². The van der Waals surface area contributed by atoms with Gasteiger partial charge in [0.05, 0.1) is 17.4 Å². The number of hydrogen-bond acceptors (Lipinski definition) is 5. The number of rotatable bonds is 7. The molecule has 0 spiro atoms. The number of aromatic nitrogens is 2. The lowest BCUT2D eigenvalue weighted by Crippen LogP contribution is -2.25. The van der Waals surface area contributed by atoms with Crippen LogP contribution in [0.2, 0.25) is 0 Å². The summed E-state index contributed by atoms with van der Waals surface area (Å²) in [5.74, 6) is 0.621. The average molecular weight is 353 g/mol. The third-order valence-electron chi connectivity index (χ3n) is 3.78. The van der Waals surface area contributed by atoms with Crippen molar-refractivity contribution in [3.05, 3.63) is 77.1 Å². The Morgan fingerprint density at radius 2 is 1.84 bits per heavy atom. The largest absolute Gasteiger partial charge is 0.487 e. The van der Waals surface area contributed by atoms with Gasteiger partial charge in [0.25, 0.3) is 5.91 Å². The smallest absolute Gasteiger partial charge is 0.251 e. The highest BCUT2D eigenvalue weighted by molar-refractivity contribution is 6.99. The molecule has 128 valence electrons. The summed E-state index contributed by atoms with van der Waals surface area (Å²) >= 11 is 1.18. The summed E-state index contributed by atoms with van der Waals surface area (Å²) in [4.78, 5) is 12.2. The maximum Gasteiger partial charge on any atom is 0.251 e. The molecular weight excluding hydrogens is 334 g/mol. The van der Waals surface area contributed by atoms with E-state index in [0.29, 0.717) is 24.5 Å². The minimum absolute atomic E-state index is 0.0815. The molecule has 0 saturated carbocycles. The van der Waals surface area contributed by atoms with Crippen molar-refractivity contribution < 1.29 is 9.53 Å². The molecule has 0 fully saturated rings. The fraction of sp³-hybridized carbons (Fsp3) is 0.211. The molecule has 0 radical (unpaired) electrons. The molecule has 0 unspecified atom stereocenters. The first-order valence-corrected chi connectivity index (χ1v) is 8.78. The Hall–Kier alpha value is -2.73. The SMILES string of the molecule is Cc1nsnc1COc1ccc(C(=O)NCCc2ccccc2)cc1. The first-order valence-electron chi connectivity index (χ1n) is 8.05. The number of nitrogens with one attached hydrogen (secondary N) is 1. The van der Waals surface area contributed by atoms with Gasteiger partial charge in [0.1, 0.15) is 18.1 Å².